The van der Waals surface area contributed by atoms with Crippen LogP contribution in [0.1, 0.15) is 5.56 Å². The maximum absolute atomic E-state index is 11.9. The second-order valence-electron chi connectivity index (χ2n) is 4.87. The number of thioether (sulfide) groups is 1. The summed E-state index contributed by atoms with van der Waals surface area (Å²) in [7, 11) is 0. The van der Waals surface area contributed by atoms with E-state index in [1.807, 2.05) is 31.2 Å². The van der Waals surface area contributed by atoms with Crippen molar-refractivity contribution < 1.29 is 9.53 Å². The van der Waals surface area contributed by atoms with Crippen molar-refractivity contribution in [1.29, 1.82) is 0 Å². The molecule has 0 fully saturated rings. The molecule has 0 aliphatic rings. The van der Waals surface area contributed by atoms with Crippen LogP contribution < -0.4 is 10.1 Å². The number of carbonyl (C=O) groups is 1. The summed E-state index contributed by atoms with van der Waals surface area (Å²) in [6.07, 6.45) is 0. The minimum atomic E-state index is -0.0311. The van der Waals surface area contributed by atoms with E-state index in [0.29, 0.717) is 33.9 Å². The molecule has 0 heterocycles. The number of benzene rings is 2. The molecule has 122 valence electrons. The van der Waals surface area contributed by atoms with Crippen molar-refractivity contribution in [2.24, 2.45) is 0 Å². The van der Waals surface area contributed by atoms with Crippen molar-refractivity contribution in [1.82, 2.24) is 0 Å². The number of halogens is 2. The van der Waals surface area contributed by atoms with Crippen molar-refractivity contribution in [3.8, 4) is 5.75 Å². The highest BCUT2D eigenvalue weighted by Gasteiger charge is 2.07. The van der Waals surface area contributed by atoms with Gasteiger partial charge in [-0.15, -0.1) is 11.8 Å². The molecule has 3 nitrogen and oxygen atoms in total. The van der Waals surface area contributed by atoms with Gasteiger partial charge in [0.1, 0.15) is 0 Å². The first kappa shape index (κ1) is 18.0. The highest BCUT2D eigenvalue weighted by molar-refractivity contribution is 7.99. The zero-order chi connectivity index (χ0) is 16.7. The Morgan fingerprint density at radius 2 is 1.87 bits per heavy atom. The molecule has 0 bridgehead atoms. The number of carbonyl (C=O) groups excluding carboxylic acids is 1. The van der Waals surface area contributed by atoms with Gasteiger partial charge >= 0.3 is 0 Å². The fourth-order valence-electron chi connectivity index (χ4n) is 1.91. The van der Waals surface area contributed by atoms with Crippen LogP contribution in [0.4, 0.5) is 5.69 Å². The first-order chi connectivity index (χ1) is 11.1. The Kier molecular flexibility index (Phi) is 7.09. The number of aryl methyl sites for hydroxylation is 1. The Balaban J connectivity index is 1.68. The molecule has 0 aromatic heterocycles. The van der Waals surface area contributed by atoms with E-state index in [9.17, 15) is 4.79 Å². The first-order valence-electron chi connectivity index (χ1n) is 7.07. The van der Waals surface area contributed by atoms with E-state index in [1.54, 1.807) is 18.2 Å². The van der Waals surface area contributed by atoms with E-state index in [0.717, 1.165) is 11.3 Å². The second kappa shape index (κ2) is 9.06. The maximum Gasteiger partial charge on any atom is 0.234 e. The normalized spacial score (nSPS) is 10.4. The van der Waals surface area contributed by atoms with Gasteiger partial charge in [-0.05, 0) is 36.8 Å². The number of para-hydroxylation sites is 1. The van der Waals surface area contributed by atoms with E-state index in [1.165, 1.54) is 11.8 Å². The molecule has 1 amide bonds. The van der Waals surface area contributed by atoms with Crippen molar-refractivity contribution in [3.05, 3.63) is 58.1 Å². The molecule has 0 radical (unpaired) electrons. The summed E-state index contributed by atoms with van der Waals surface area (Å²) >= 11 is 13.5. The lowest BCUT2D eigenvalue weighted by atomic mass is 10.2. The average Bonchev–Trinajstić information content (AvgIpc) is 2.49. The third kappa shape index (κ3) is 5.98. The molecule has 0 saturated carbocycles. The van der Waals surface area contributed by atoms with Crippen LogP contribution in [0.2, 0.25) is 10.0 Å². The van der Waals surface area contributed by atoms with Gasteiger partial charge in [0.15, 0.2) is 5.75 Å². The fraction of sp³-hybridized carbons (Fsp3) is 0.235. The van der Waals surface area contributed by atoms with Crippen LogP contribution in [0.25, 0.3) is 0 Å². The molecule has 0 saturated heterocycles. The number of anilines is 1. The molecular formula is C17H17Cl2NO2S. The second-order valence-corrected chi connectivity index (χ2v) is 6.79. The summed E-state index contributed by atoms with van der Waals surface area (Å²) in [6, 6.07) is 12.9. The van der Waals surface area contributed by atoms with E-state index in [-0.39, 0.29) is 5.91 Å². The fourth-order valence-corrected chi connectivity index (χ4v) is 3.02. The molecule has 6 heteroatoms. The van der Waals surface area contributed by atoms with Gasteiger partial charge in [-0.3, -0.25) is 4.79 Å². The highest BCUT2D eigenvalue weighted by Crippen LogP contribution is 2.32. The Morgan fingerprint density at radius 1 is 1.17 bits per heavy atom. The lowest BCUT2D eigenvalue weighted by Crippen LogP contribution is -2.15. The molecule has 0 spiro atoms. The van der Waals surface area contributed by atoms with E-state index in [4.69, 9.17) is 27.9 Å². The van der Waals surface area contributed by atoms with Crippen molar-refractivity contribution in [3.63, 3.8) is 0 Å². The molecule has 0 aliphatic carbocycles. The lowest BCUT2D eigenvalue weighted by molar-refractivity contribution is -0.113. The van der Waals surface area contributed by atoms with Gasteiger partial charge in [-0.25, -0.2) is 0 Å². The van der Waals surface area contributed by atoms with Crippen molar-refractivity contribution >= 4 is 46.6 Å². The van der Waals surface area contributed by atoms with Crippen molar-refractivity contribution in [2.75, 3.05) is 23.4 Å². The lowest BCUT2D eigenvalue weighted by Gasteiger charge is -2.09. The number of hydrogen-bond donors (Lipinski definition) is 1. The average molecular weight is 370 g/mol. The molecule has 23 heavy (non-hydrogen) atoms. The molecule has 2 aromatic carbocycles. The van der Waals surface area contributed by atoms with E-state index < -0.39 is 0 Å². The Bertz CT molecular complexity index is 659. The van der Waals surface area contributed by atoms with Gasteiger partial charge < -0.3 is 10.1 Å². The van der Waals surface area contributed by atoms with Gasteiger partial charge in [-0.1, -0.05) is 41.4 Å². The standard InChI is InChI=1S/C17H17Cl2NO2S/c1-12-4-2-5-13(10-12)20-16(21)11-23-9-8-22-17-14(18)6-3-7-15(17)19/h2-7,10H,8-9,11H2,1H3,(H,20,21). The van der Waals surface area contributed by atoms with Gasteiger partial charge in [0, 0.05) is 11.4 Å². The van der Waals surface area contributed by atoms with Crippen LogP contribution in [0.3, 0.4) is 0 Å². The molecule has 2 aromatic rings. The molecule has 0 unspecified atom stereocenters. The molecule has 2 rings (SSSR count). The van der Waals surface area contributed by atoms with Crippen LogP contribution in [0.15, 0.2) is 42.5 Å². The number of hydrogen-bond acceptors (Lipinski definition) is 3. The van der Waals surface area contributed by atoms with Gasteiger partial charge in [-0.2, -0.15) is 0 Å². The van der Waals surface area contributed by atoms with Crippen molar-refractivity contribution in [2.45, 2.75) is 6.92 Å². The number of amides is 1. The maximum atomic E-state index is 11.9. The summed E-state index contributed by atoms with van der Waals surface area (Å²) in [5.74, 6) is 1.49. The predicted molar refractivity (Wildman–Crippen MR) is 99.1 cm³/mol. The minimum absolute atomic E-state index is 0.0311. The van der Waals surface area contributed by atoms with Gasteiger partial charge in [0.2, 0.25) is 5.91 Å². The van der Waals surface area contributed by atoms with Crippen LogP contribution in [-0.2, 0) is 4.79 Å². The quantitative estimate of drug-likeness (QED) is 0.693. The Hall–Kier alpha value is -1.36. The van der Waals surface area contributed by atoms with Gasteiger partial charge in [0.25, 0.3) is 0 Å². The molecule has 0 atom stereocenters. The van der Waals surface area contributed by atoms with E-state index in [2.05, 4.69) is 5.32 Å². The number of rotatable bonds is 7. The minimum Gasteiger partial charge on any atom is -0.490 e. The topological polar surface area (TPSA) is 38.3 Å². The van der Waals surface area contributed by atoms with Crippen LogP contribution >= 0.6 is 35.0 Å². The molecule has 0 aliphatic heterocycles. The summed E-state index contributed by atoms with van der Waals surface area (Å²) in [5, 5.41) is 3.84. The highest BCUT2D eigenvalue weighted by atomic mass is 35.5. The smallest absolute Gasteiger partial charge is 0.234 e. The first-order valence-corrected chi connectivity index (χ1v) is 8.98. The largest absolute Gasteiger partial charge is 0.490 e. The van der Waals surface area contributed by atoms with Gasteiger partial charge in [0.05, 0.1) is 22.4 Å². The zero-order valence-corrected chi connectivity index (χ0v) is 15.0. The summed E-state index contributed by atoms with van der Waals surface area (Å²) < 4.78 is 5.57. The van der Waals surface area contributed by atoms with E-state index >= 15 is 0 Å². The predicted octanol–water partition coefficient (Wildman–Crippen LogP) is 5.05. The van der Waals surface area contributed by atoms with Crippen LogP contribution in [0, 0.1) is 6.92 Å². The Labute approximate surface area is 150 Å². The Morgan fingerprint density at radius 3 is 2.57 bits per heavy atom. The SMILES string of the molecule is Cc1cccc(NC(=O)CSCCOc2c(Cl)cccc2Cl)c1. The third-order valence-corrected chi connectivity index (χ3v) is 4.44. The summed E-state index contributed by atoms with van der Waals surface area (Å²) in [4.78, 5) is 11.9. The molecular weight excluding hydrogens is 353 g/mol. The van der Waals surface area contributed by atoms with Crippen LogP contribution in [0.5, 0.6) is 5.75 Å². The molecule has 1 N–H and O–H groups in total. The third-order valence-electron chi connectivity index (χ3n) is 2.93. The van der Waals surface area contributed by atoms with Crippen LogP contribution in [-0.4, -0.2) is 24.0 Å². The summed E-state index contributed by atoms with van der Waals surface area (Å²) in [6.45, 7) is 2.42. The number of ether oxygens (including phenoxy) is 1. The monoisotopic (exact) mass is 369 g/mol. The zero-order valence-electron chi connectivity index (χ0n) is 12.6. The summed E-state index contributed by atoms with van der Waals surface area (Å²) in [5.41, 5.74) is 1.93. The number of nitrogens with one attached hydrogen (secondary N) is 1.